The number of ether oxygens (including phenoxy) is 1. The van der Waals surface area contributed by atoms with Crippen molar-refractivity contribution in [3.05, 3.63) is 36.0 Å². The first-order chi connectivity index (χ1) is 12.0. The predicted molar refractivity (Wildman–Crippen MR) is 92.4 cm³/mol. The number of carbonyl (C=O) groups excluding carboxylic acids is 2. The Morgan fingerprint density at radius 2 is 2.04 bits per heavy atom. The summed E-state index contributed by atoms with van der Waals surface area (Å²) in [7, 11) is 4.86. The van der Waals surface area contributed by atoms with Gasteiger partial charge in [-0.2, -0.15) is 9.90 Å². The van der Waals surface area contributed by atoms with E-state index in [2.05, 4.69) is 20.8 Å². The molecule has 0 saturated carbocycles. The van der Waals surface area contributed by atoms with Crippen molar-refractivity contribution in [3.8, 4) is 5.75 Å². The smallest absolute Gasteiger partial charge is 0.322 e. The molecule has 1 aromatic carbocycles. The third-order valence-electron chi connectivity index (χ3n) is 3.37. The molecule has 0 unspecified atom stereocenters. The van der Waals surface area contributed by atoms with E-state index >= 15 is 0 Å². The van der Waals surface area contributed by atoms with Crippen molar-refractivity contribution in [1.82, 2.24) is 25.2 Å². The normalized spacial score (nSPS) is 10.2. The number of methoxy groups -OCH3 is 1. The van der Waals surface area contributed by atoms with Crippen LogP contribution in [0, 0.1) is 0 Å². The summed E-state index contributed by atoms with van der Waals surface area (Å²) in [6, 6.07) is 7.36. The Hall–Kier alpha value is -3.10. The van der Waals surface area contributed by atoms with Crippen LogP contribution in [0.1, 0.15) is 5.56 Å². The van der Waals surface area contributed by atoms with Crippen LogP contribution < -0.4 is 15.4 Å². The van der Waals surface area contributed by atoms with Crippen LogP contribution in [0.25, 0.3) is 0 Å². The molecular formula is C16H22N6O3. The molecule has 3 amide bonds. The second-order valence-electron chi connectivity index (χ2n) is 5.50. The second-order valence-corrected chi connectivity index (χ2v) is 5.50. The Bertz CT molecular complexity index is 728. The average molecular weight is 346 g/mol. The van der Waals surface area contributed by atoms with Crippen LogP contribution in [0.15, 0.2) is 30.5 Å². The molecule has 25 heavy (non-hydrogen) atoms. The van der Waals surface area contributed by atoms with Gasteiger partial charge in [0.05, 0.1) is 13.3 Å². The Kier molecular flexibility index (Phi) is 6.33. The molecule has 0 aliphatic carbocycles. The molecule has 9 nitrogen and oxygen atoms in total. The number of aromatic nitrogens is 3. The first-order valence-electron chi connectivity index (χ1n) is 7.76. The van der Waals surface area contributed by atoms with E-state index in [1.807, 2.05) is 24.3 Å². The van der Waals surface area contributed by atoms with Crippen LogP contribution in [0.4, 0.5) is 10.6 Å². The van der Waals surface area contributed by atoms with Crippen molar-refractivity contribution < 1.29 is 14.3 Å². The highest BCUT2D eigenvalue weighted by Gasteiger charge is 2.10. The van der Waals surface area contributed by atoms with Crippen LogP contribution >= 0.6 is 0 Å². The van der Waals surface area contributed by atoms with E-state index in [1.165, 1.54) is 15.9 Å². The third-order valence-corrected chi connectivity index (χ3v) is 3.37. The van der Waals surface area contributed by atoms with Gasteiger partial charge in [-0.15, -0.1) is 5.10 Å². The number of nitrogens with zero attached hydrogens (tertiary/aromatic N) is 4. The third kappa shape index (κ3) is 5.48. The first-order valence-corrected chi connectivity index (χ1v) is 7.76. The summed E-state index contributed by atoms with van der Waals surface area (Å²) >= 11 is 0. The van der Waals surface area contributed by atoms with E-state index in [-0.39, 0.29) is 18.5 Å². The van der Waals surface area contributed by atoms with Crippen molar-refractivity contribution in [1.29, 1.82) is 0 Å². The molecule has 1 aromatic heterocycles. The van der Waals surface area contributed by atoms with Crippen LogP contribution in [0.5, 0.6) is 5.75 Å². The van der Waals surface area contributed by atoms with Crippen molar-refractivity contribution in [2.45, 2.75) is 13.0 Å². The number of carbonyl (C=O) groups is 2. The molecule has 0 fully saturated rings. The number of benzene rings is 1. The summed E-state index contributed by atoms with van der Waals surface area (Å²) < 4.78 is 5.27. The summed E-state index contributed by atoms with van der Waals surface area (Å²) in [5.74, 6) is 0.878. The number of para-hydroxylation sites is 1. The van der Waals surface area contributed by atoms with Gasteiger partial charge in [0.1, 0.15) is 12.3 Å². The monoisotopic (exact) mass is 346 g/mol. The summed E-state index contributed by atoms with van der Waals surface area (Å²) in [6.07, 6.45) is 2.05. The van der Waals surface area contributed by atoms with Gasteiger partial charge in [0.2, 0.25) is 5.91 Å². The Balaban J connectivity index is 1.79. The number of nitrogens with one attached hydrogen (secondary N) is 2. The molecule has 0 aliphatic heterocycles. The topological polar surface area (TPSA) is 101 Å². The van der Waals surface area contributed by atoms with Crippen LogP contribution in [0.2, 0.25) is 0 Å². The minimum absolute atomic E-state index is 0.0240. The van der Waals surface area contributed by atoms with Crippen molar-refractivity contribution in [2.24, 2.45) is 0 Å². The lowest BCUT2D eigenvalue weighted by atomic mass is 10.1. The SMILES string of the molecule is COc1ccccc1CCNC(=O)Cn1ncc(NC(=O)N(C)C)n1. The maximum absolute atomic E-state index is 12.0. The maximum atomic E-state index is 12.0. The van der Waals surface area contributed by atoms with Gasteiger partial charge in [-0.3, -0.25) is 10.1 Å². The fourth-order valence-corrected chi connectivity index (χ4v) is 2.08. The van der Waals surface area contributed by atoms with Gasteiger partial charge in [-0.1, -0.05) is 18.2 Å². The predicted octanol–water partition coefficient (Wildman–Crippen LogP) is 0.739. The number of anilines is 1. The molecule has 0 atom stereocenters. The molecule has 1 heterocycles. The van der Waals surface area contributed by atoms with Gasteiger partial charge in [0, 0.05) is 20.6 Å². The fourth-order valence-electron chi connectivity index (χ4n) is 2.08. The molecule has 0 saturated heterocycles. The molecule has 0 aliphatic rings. The minimum Gasteiger partial charge on any atom is -0.496 e. The lowest BCUT2D eigenvalue weighted by Gasteiger charge is -2.09. The van der Waals surface area contributed by atoms with Gasteiger partial charge in [0.25, 0.3) is 0 Å². The highest BCUT2D eigenvalue weighted by atomic mass is 16.5. The lowest BCUT2D eigenvalue weighted by Crippen LogP contribution is -2.30. The minimum atomic E-state index is -0.312. The Labute approximate surface area is 145 Å². The molecule has 9 heteroatoms. The molecule has 134 valence electrons. The van der Waals surface area contributed by atoms with E-state index in [0.717, 1.165) is 11.3 Å². The number of hydrogen-bond donors (Lipinski definition) is 2. The molecule has 0 radical (unpaired) electrons. The zero-order chi connectivity index (χ0) is 18.2. The number of urea groups is 1. The Morgan fingerprint density at radius 3 is 2.76 bits per heavy atom. The quantitative estimate of drug-likeness (QED) is 0.770. The van der Waals surface area contributed by atoms with Gasteiger partial charge < -0.3 is 15.0 Å². The van der Waals surface area contributed by atoms with E-state index in [9.17, 15) is 9.59 Å². The lowest BCUT2D eigenvalue weighted by molar-refractivity contribution is -0.122. The largest absolute Gasteiger partial charge is 0.496 e. The zero-order valence-electron chi connectivity index (χ0n) is 14.5. The second kappa shape index (κ2) is 8.67. The molecular weight excluding hydrogens is 324 g/mol. The van der Waals surface area contributed by atoms with Crippen molar-refractivity contribution in [2.75, 3.05) is 33.1 Å². The van der Waals surface area contributed by atoms with Crippen LogP contribution in [-0.4, -0.2) is 59.6 Å². The van der Waals surface area contributed by atoms with E-state index in [4.69, 9.17) is 4.74 Å². The average Bonchev–Trinajstić information content (AvgIpc) is 3.02. The summed E-state index contributed by atoms with van der Waals surface area (Å²) in [5, 5.41) is 13.4. The molecule has 0 spiro atoms. The van der Waals surface area contributed by atoms with Crippen molar-refractivity contribution in [3.63, 3.8) is 0 Å². The summed E-state index contributed by atoms with van der Waals surface area (Å²) in [4.78, 5) is 26.1. The standard InChI is InChI=1S/C16H22N6O3/c1-21(2)16(24)19-14-10-18-22(20-14)11-15(23)17-9-8-12-6-4-5-7-13(12)25-3/h4-7,10H,8-9,11H2,1-3H3,(H,17,23)(H,19,20,24). The fraction of sp³-hybridized carbons (Fsp3) is 0.375. The summed E-state index contributed by atoms with van der Waals surface area (Å²) in [5.41, 5.74) is 1.02. The van der Waals surface area contributed by atoms with Crippen LogP contribution in [0.3, 0.4) is 0 Å². The first kappa shape index (κ1) is 18.2. The van der Waals surface area contributed by atoms with E-state index in [1.54, 1.807) is 21.2 Å². The maximum Gasteiger partial charge on any atom is 0.322 e. The summed E-state index contributed by atoms with van der Waals surface area (Å²) in [6.45, 7) is 0.453. The van der Waals surface area contributed by atoms with Gasteiger partial charge >= 0.3 is 6.03 Å². The number of hydrogen-bond acceptors (Lipinski definition) is 5. The van der Waals surface area contributed by atoms with Crippen molar-refractivity contribution >= 4 is 17.8 Å². The van der Waals surface area contributed by atoms with E-state index < -0.39 is 0 Å². The zero-order valence-corrected chi connectivity index (χ0v) is 14.5. The van der Waals surface area contributed by atoms with Gasteiger partial charge in [0.15, 0.2) is 5.82 Å². The number of rotatable bonds is 7. The van der Waals surface area contributed by atoms with Crippen LogP contribution in [-0.2, 0) is 17.8 Å². The van der Waals surface area contributed by atoms with Gasteiger partial charge in [-0.05, 0) is 18.1 Å². The Morgan fingerprint density at radius 1 is 1.28 bits per heavy atom. The molecule has 2 aromatic rings. The highest BCUT2D eigenvalue weighted by molar-refractivity contribution is 5.87. The van der Waals surface area contributed by atoms with Gasteiger partial charge in [-0.25, -0.2) is 4.79 Å². The molecule has 0 bridgehead atoms. The highest BCUT2D eigenvalue weighted by Crippen LogP contribution is 2.17. The molecule has 2 N–H and O–H groups in total. The molecule has 2 rings (SSSR count). The van der Waals surface area contributed by atoms with E-state index in [0.29, 0.717) is 18.8 Å². The number of amides is 3.